The number of ether oxygens (including phenoxy) is 2. The molecule has 132 valence electrons. The standard InChI is InChI=1S/C18H20FN3O3/c1-18(2,3)25-17(23)22-6-5-11(10-22)14-8-15-13(16(21-14)24-4)7-12(19)9-20-15/h5,7-9H,6,10H2,1-4H3. The number of fused-ring (bicyclic) bond motifs is 1. The maximum atomic E-state index is 13.4. The van der Waals surface area contributed by atoms with Gasteiger partial charge in [-0.05, 0) is 38.5 Å². The molecule has 0 saturated carbocycles. The fourth-order valence-electron chi connectivity index (χ4n) is 2.59. The lowest BCUT2D eigenvalue weighted by Crippen LogP contribution is -2.35. The molecular weight excluding hydrogens is 325 g/mol. The molecule has 1 aliphatic heterocycles. The minimum absolute atomic E-state index is 0.302. The summed E-state index contributed by atoms with van der Waals surface area (Å²) in [5.41, 5.74) is 1.56. The van der Waals surface area contributed by atoms with Crippen LogP contribution < -0.4 is 4.74 Å². The second-order valence-electron chi connectivity index (χ2n) is 6.83. The van der Waals surface area contributed by atoms with Gasteiger partial charge in [0.2, 0.25) is 5.88 Å². The van der Waals surface area contributed by atoms with Gasteiger partial charge in [0.15, 0.2) is 0 Å². The van der Waals surface area contributed by atoms with Crippen LogP contribution >= 0.6 is 0 Å². The highest BCUT2D eigenvalue weighted by Gasteiger charge is 2.26. The Bertz CT molecular complexity index is 859. The quantitative estimate of drug-likeness (QED) is 0.834. The largest absolute Gasteiger partial charge is 0.480 e. The summed E-state index contributed by atoms with van der Waals surface area (Å²) in [7, 11) is 1.48. The van der Waals surface area contributed by atoms with Crippen LogP contribution in [0.5, 0.6) is 5.88 Å². The minimum Gasteiger partial charge on any atom is -0.480 e. The number of carbonyl (C=O) groups excluding carboxylic acids is 1. The van der Waals surface area contributed by atoms with Crippen molar-refractivity contribution in [1.82, 2.24) is 14.9 Å². The van der Waals surface area contributed by atoms with E-state index in [1.165, 1.54) is 13.2 Å². The van der Waals surface area contributed by atoms with Gasteiger partial charge in [0, 0.05) is 6.54 Å². The normalized spacial score (nSPS) is 14.6. The van der Waals surface area contributed by atoms with E-state index in [2.05, 4.69) is 9.97 Å². The van der Waals surface area contributed by atoms with E-state index in [0.29, 0.717) is 35.6 Å². The summed E-state index contributed by atoms with van der Waals surface area (Å²) in [6, 6.07) is 3.11. The van der Waals surface area contributed by atoms with Crippen LogP contribution in [0, 0.1) is 5.82 Å². The molecule has 7 heteroatoms. The molecule has 25 heavy (non-hydrogen) atoms. The van der Waals surface area contributed by atoms with Crippen molar-refractivity contribution >= 4 is 22.6 Å². The zero-order chi connectivity index (χ0) is 18.2. The topological polar surface area (TPSA) is 64.5 Å². The number of carbonyl (C=O) groups is 1. The zero-order valence-electron chi connectivity index (χ0n) is 14.7. The van der Waals surface area contributed by atoms with Gasteiger partial charge in [-0.2, -0.15) is 0 Å². The van der Waals surface area contributed by atoms with Gasteiger partial charge in [-0.15, -0.1) is 0 Å². The Morgan fingerprint density at radius 1 is 1.32 bits per heavy atom. The fourth-order valence-corrected chi connectivity index (χ4v) is 2.59. The third-order valence-electron chi connectivity index (χ3n) is 3.70. The SMILES string of the molecule is COc1nc(C2=CCN(C(=O)OC(C)(C)C)C2)cc2ncc(F)cc12. The molecule has 0 bridgehead atoms. The van der Waals surface area contributed by atoms with E-state index in [-0.39, 0.29) is 6.09 Å². The van der Waals surface area contributed by atoms with E-state index in [4.69, 9.17) is 9.47 Å². The summed E-state index contributed by atoms with van der Waals surface area (Å²) in [5.74, 6) is -0.146. The minimum atomic E-state index is -0.543. The van der Waals surface area contributed by atoms with Gasteiger partial charge in [-0.25, -0.2) is 14.2 Å². The van der Waals surface area contributed by atoms with Crippen molar-refractivity contribution in [2.24, 2.45) is 0 Å². The van der Waals surface area contributed by atoms with Gasteiger partial charge in [0.1, 0.15) is 11.4 Å². The Morgan fingerprint density at radius 3 is 2.76 bits per heavy atom. The molecule has 0 unspecified atom stereocenters. The predicted octanol–water partition coefficient (Wildman–Crippen LogP) is 3.41. The molecule has 0 atom stereocenters. The van der Waals surface area contributed by atoms with E-state index in [9.17, 15) is 9.18 Å². The first-order chi connectivity index (χ1) is 11.8. The van der Waals surface area contributed by atoms with Crippen LogP contribution in [-0.4, -0.2) is 46.8 Å². The second kappa shape index (κ2) is 6.31. The Balaban J connectivity index is 1.86. The molecule has 0 fully saturated rings. The molecule has 0 spiro atoms. The number of amides is 1. The molecule has 0 saturated heterocycles. The molecule has 6 nitrogen and oxygen atoms in total. The molecule has 0 aromatic carbocycles. The first-order valence-electron chi connectivity index (χ1n) is 7.94. The van der Waals surface area contributed by atoms with Gasteiger partial charge >= 0.3 is 6.09 Å². The van der Waals surface area contributed by atoms with E-state index in [1.807, 2.05) is 26.8 Å². The van der Waals surface area contributed by atoms with Gasteiger partial charge in [0.05, 0.1) is 36.4 Å². The maximum Gasteiger partial charge on any atom is 0.410 e. The fraction of sp³-hybridized carbons (Fsp3) is 0.389. The Kier molecular flexibility index (Phi) is 4.32. The van der Waals surface area contributed by atoms with Crippen LogP contribution in [0.15, 0.2) is 24.4 Å². The molecule has 1 aliphatic rings. The lowest BCUT2D eigenvalue weighted by Gasteiger charge is -2.24. The van der Waals surface area contributed by atoms with E-state index < -0.39 is 11.4 Å². The Morgan fingerprint density at radius 2 is 2.08 bits per heavy atom. The van der Waals surface area contributed by atoms with Crippen LogP contribution in [0.3, 0.4) is 0 Å². The molecule has 0 aliphatic carbocycles. The second-order valence-corrected chi connectivity index (χ2v) is 6.83. The third kappa shape index (κ3) is 3.70. The van der Waals surface area contributed by atoms with E-state index in [1.54, 1.807) is 11.0 Å². The maximum absolute atomic E-state index is 13.4. The van der Waals surface area contributed by atoms with Crippen LogP contribution in [-0.2, 0) is 4.74 Å². The first-order valence-corrected chi connectivity index (χ1v) is 7.94. The number of hydrogen-bond acceptors (Lipinski definition) is 5. The summed E-state index contributed by atoms with van der Waals surface area (Å²) in [4.78, 5) is 22.3. The smallest absolute Gasteiger partial charge is 0.410 e. The summed E-state index contributed by atoms with van der Waals surface area (Å²) in [6.07, 6.45) is 2.70. The Hall–Kier alpha value is -2.70. The summed E-state index contributed by atoms with van der Waals surface area (Å²) in [6.45, 7) is 6.32. The molecule has 1 amide bonds. The average molecular weight is 345 g/mol. The highest BCUT2D eigenvalue weighted by atomic mass is 19.1. The van der Waals surface area contributed by atoms with Crippen molar-refractivity contribution in [2.45, 2.75) is 26.4 Å². The molecule has 3 rings (SSSR count). The third-order valence-corrected chi connectivity index (χ3v) is 3.70. The number of nitrogens with zero attached hydrogens (tertiary/aromatic N) is 3. The average Bonchev–Trinajstić information content (AvgIpc) is 3.02. The monoisotopic (exact) mass is 345 g/mol. The number of hydrogen-bond donors (Lipinski definition) is 0. The van der Waals surface area contributed by atoms with Crippen molar-refractivity contribution < 1.29 is 18.7 Å². The van der Waals surface area contributed by atoms with Gasteiger partial charge < -0.3 is 14.4 Å². The lowest BCUT2D eigenvalue weighted by atomic mass is 10.1. The molecule has 2 aromatic heterocycles. The highest BCUT2D eigenvalue weighted by molar-refractivity contribution is 5.87. The number of rotatable bonds is 2. The molecular formula is C18H20FN3O3. The van der Waals surface area contributed by atoms with Gasteiger partial charge in [0.25, 0.3) is 0 Å². The number of halogens is 1. The zero-order valence-corrected chi connectivity index (χ0v) is 14.7. The first kappa shape index (κ1) is 17.1. The lowest BCUT2D eigenvalue weighted by molar-refractivity contribution is 0.0306. The molecule has 0 N–H and O–H groups in total. The predicted molar refractivity (Wildman–Crippen MR) is 91.8 cm³/mol. The van der Waals surface area contributed by atoms with Crippen molar-refractivity contribution in [3.63, 3.8) is 0 Å². The van der Waals surface area contributed by atoms with E-state index in [0.717, 1.165) is 11.8 Å². The summed E-state index contributed by atoms with van der Waals surface area (Å²) in [5, 5.41) is 0.508. The van der Waals surface area contributed by atoms with Crippen molar-refractivity contribution in [2.75, 3.05) is 20.2 Å². The van der Waals surface area contributed by atoms with Crippen molar-refractivity contribution in [3.05, 3.63) is 35.9 Å². The number of pyridine rings is 2. The van der Waals surface area contributed by atoms with E-state index >= 15 is 0 Å². The summed E-state index contributed by atoms with van der Waals surface area (Å²) >= 11 is 0. The molecule has 0 radical (unpaired) electrons. The Labute approximate surface area is 145 Å². The molecule has 3 heterocycles. The highest BCUT2D eigenvalue weighted by Crippen LogP contribution is 2.29. The van der Waals surface area contributed by atoms with Crippen LogP contribution in [0.25, 0.3) is 16.5 Å². The van der Waals surface area contributed by atoms with Crippen LogP contribution in [0.4, 0.5) is 9.18 Å². The van der Waals surface area contributed by atoms with Crippen molar-refractivity contribution in [1.29, 1.82) is 0 Å². The van der Waals surface area contributed by atoms with Crippen LogP contribution in [0.1, 0.15) is 26.5 Å². The number of aromatic nitrogens is 2. The van der Waals surface area contributed by atoms with Gasteiger partial charge in [-0.1, -0.05) is 6.08 Å². The van der Waals surface area contributed by atoms with Crippen molar-refractivity contribution in [3.8, 4) is 5.88 Å². The molecule has 2 aromatic rings. The van der Waals surface area contributed by atoms with Crippen LogP contribution in [0.2, 0.25) is 0 Å². The summed E-state index contributed by atoms with van der Waals surface area (Å²) < 4.78 is 24.1. The van der Waals surface area contributed by atoms with Gasteiger partial charge in [-0.3, -0.25) is 4.98 Å². The number of methoxy groups -OCH3 is 1.